The van der Waals surface area contributed by atoms with Gasteiger partial charge in [0.05, 0.1) is 19.8 Å². The molecule has 2 aromatic carbocycles. The number of rotatable bonds is 4. The van der Waals surface area contributed by atoms with Crippen LogP contribution in [0.4, 0.5) is 4.39 Å². The van der Waals surface area contributed by atoms with Gasteiger partial charge in [-0.05, 0) is 48.2 Å². The molecule has 2 aliphatic rings. The summed E-state index contributed by atoms with van der Waals surface area (Å²) in [6.07, 6.45) is 1.69. The van der Waals surface area contributed by atoms with E-state index in [-0.39, 0.29) is 29.8 Å². The summed E-state index contributed by atoms with van der Waals surface area (Å²) in [4.78, 5) is 19.8. The van der Waals surface area contributed by atoms with Crippen molar-refractivity contribution in [3.8, 4) is 5.75 Å². The summed E-state index contributed by atoms with van der Waals surface area (Å²) in [5, 5.41) is 11.6. The van der Waals surface area contributed by atoms with E-state index in [9.17, 15) is 14.3 Å². The minimum Gasteiger partial charge on any atom is -0.497 e. The number of aromatic amines is 1. The van der Waals surface area contributed by atoms with Gasteiger partial charge in [-0.15, -0.1) is 0 Å². The Hall–Kier alpha value is -2.90. The first-order chi connectivity index (χ1) is 15.9. The van der Waals surface area contributed by atoms with Crippen LogP contribution in [0.5, 0.6) is 5.75 Å². The summed E-state index contributed by atoms with van der Waals surface area (Å²) in [5.41, 5.74) is 3.97. The van der Waals surface area contributed by atoms with Gasteiger partial charge in [-0.3, -0.25) is 9.69 Å². The summed E-state index contributed by atoms with van der Waals surface area (Å²) in [6, 6.07) is 12.5. The Morgan fingerprint density at radius 1 is 1.24 bits per heavy atom. The van der Waals surface area contributed by atoms with Gasteiger partial charge < -0.3 is 19.7 Å². The number of methoxy groups -OCH3 is 1. The number of amides is 1. The second-order valence-corrected chi connectivity index (χ2v) is 9.34. The molecule has 3 heterocycles. The number of hydrogen-bond acceptors (Lipinski definition) is 4. The number of nitrogens with zero attached hydrogens (tertiary/aromatic N) is 2. The molecule has 6 nitrogen and oxygen atoms in total. The zero-order valence-electron chi connectivity index (χ0n) is 19.1. The monoisotopic (exact) mass is 451 g/mol. The number of carbonyl (C=O) groups is 1. The maximum absolute atomic E-state index is 13.9. The lowest BCUT2D eigenvalue weighted by Gasteiger charge is -2.50. The molecule has 1 aromatic heterocycles. The number of likely N-dealkylation sites (tertiary alicyclic amines) is 1. The molecule has 1 fully saturated rings. The molecule has 0 bridgehead atoms. The Labute approximate surface area is 193 Å². The van der Waals surface area contributed by atoms with Gasteiger partial charge in [-0.2, -0.15) is 0 Å². The van der Waals surface area contributed by atoms with E-state index in [1.807, 2.05) is 23.1 Å². The average Bonchev–Trinajstić information content (AvgIpc) is 3.19. The SMILES string of the molecule is COc1ccc2c3c([nH]c2c1)[C@@H](CO)N(Cc1cccc(F)c1)CC31CCN(C(C)=O)CC1. The van der Waals surface area contributed by atoms with Gasteiger partial charge in [0.15, 0.2) is 0 Å². The van der Waals surface area contributed by atoms with E-state index < -0.39 is 0 Å². The van der Waals surface area contributed by atoms with Crippen LogP contribution in [0.3, 0.4) is 0 Å². The number of piperidine rings is 1. The first-order valence-corrected chi connectivity index (χ1v) is 11.5. The number of carbonyl (C=O) groups excluding carboxylic acids is 1. The number of ether oxygens (including phenoxy) is 1. The van der Waals surface area contributed by atoms with Crippen molar-refractivity contribution in [2.75, 3.05) is 33.4 Å². The maximum Gasteiger partial charge on any atom is 0.219 e. The van der Waals surface area contributed by atoms with Crippen molar-refractivity contribution in [3.63, 3.8) is 0 Å². The van der Waals surface area contributed by atoms with Crippen molar-refractivity contribution in [3.05, 3.63) is 65.1 Å². The number of benzene rings is 2. The molecule has 1 amide bonds. The van der Waals surface area contributed by atoms with Crippen molar-refractivity contribution in [2.24, 2.45) is 0 Å². The topological polar surface area (TPSA) is 68.8 Å². The zero-order chi connectivity index (χ0) is 23.2. The van der Waals surface area contributed by atoms with Crippen LogP contribution in [0, 0.1) is 5.82 Å². The van der Waals surface area contributed by atoms with Crippen molar-refractivity contribution < 1.29 is 19.0 Å². The minimum atomic E-state index is -0.257. The van der Waals surface area contributed by atoms with Crippen LogP contribution < -0.4 is 4.74 Å². The van der Waals surface area contributed by atoms with Crippen LogP contribution in [0.25, 0.3) is 10.9 Å². The summed E-state index contributed by atoms with van der Waals surface area (Å²) in [6.45, 7) is 4.28. The molecule has 0 radical (unpaired) electrons. The molecular weight excluding hydrogens is 421 g/mol. The fourth-order valence-electron chi connectivity index (χ4n) is 5.81. The largest absolute Gasteiger partial charge is 0.497 e. The second kappa shape index (κ2) is 8.47. The molecule has 1 spiro atoms. The predicted molar refractivity (Wildman–Crippen MR) is 125 cm³/mol. The molecule has 3 aromatic rings. The van der Waals surface area contributed by atoms with E-state index >= 15 is 0 Å². The molecule has 7 heteroatoms. The molecule has 0 saturated carbocycles. The summed E-state index contributed by atoms with van der Waals surface area (Å²) in [5.74, 6) is 0.626. The molecule has 5 rings (SSSR count). The van der Waals surface area contributed by atoms with Gasteiger partial charge in [0.25, 0.3) is 0 Å². The molecule has 33 heavy (non-hydrogen) atoms. The highest BCUT2D eigenvalue weighted by atomic mass is 19.1. The molecule has 0 aliphatic carbocycles. The molecule has 1 atom stereocenters. The third-order valence-electron chi connectivity index (χ3n) is 7.46. The van der Waals surface area contributed by atoms with Crippen LogP contribution >= 0.6 is 0 Å². The highest BCUT2D eigenvalue weighted by Gasteiger charge is 2.47. The number of H-pyrrole nitrogens is 1. The molecular formula is C26H30FN3O3. The number of nitrogens with one attached hydrogen (secondary N) is 1. The summed E-state index contributed by atoms with van der Waals surface area (Å²) in [7, 11) is 1.65. The average molecular weight is 452 g/mol. The Balaban J connectivity index is 1.61. The lowest BCUT2D eigenvalue weighted by Crippen LogP contribution is -2.54. The van der Waals surface area contributed by atoms with E-state index in [0.717, 1.165) is 47.3 Å². The number of hydrogen-bond donors (Lipinski definition) is 2. The van der Waals surface area contributed by atoms with E-state index in [1.165, 1.54) is 11.6 Å². The van der Waals surface area contributed by atoms with Crippen LogP contribution in [0.15, 0.2) is 42.5 Å². The normalized spacial score (nSPS) is 20.2. The van der Waals surface area contributed by atoms with E-state index in [0.29, 0.717) is 19.6 Å². The highest BCUT2D eigenvalue weighted by Crippen LogP contribution is 2.49. The van der Waals surface area contributed by atoms with Gasteiger partial charge in [-0.25, -0.2) is 4.39 Å². The maximum atomic E-state index is 13.9. The molecule has 2 aliphatic heterocycles. The van der Waals surface area contributed by atoms with Crippen molar-refractivity contribution >= 4 is 16.8 Å². The number of aliphatic hydroxyl groups excluding tert-OH is 1. The predicted octanol–water partition coefficient (Wildman–Crippen LogP) is 3.74. The number of halogens is 1. The first-order valence-electron chi connectivity index (χ1n) is 11.5. The van der Waals surface area contributed by atoms with Crippen LogP contribution in [-0.2, 0) is 16.8 Å². The standard InChI is InChI=1S/C26H30FN3O3/c1-17(32)29-10-8-26(9-11-29)16-30(14-18-4-3-5-19(27)12-18)23(15-31)25-24(26)21-7-6-20(33-2)13-22(21)28-25/h3-7,12-13,23,28,31H,8-11,14-16H2,1-2H3/t23-/m1/s1. The van der Waals surface area contributed by atoms with Crippen LogP contribution in [0.1, 0.15) is 42.6 Å². The number of aliphatic hydroxyl groups is 1. The van der Waals surface area contributed by atoms with Gasteiger partial charge in [-0.1, -0.05) is 12.1 Å². The Bertz CT molecular complexity index is 1180. The quantitative estimate of drug-likeness (QED) is 0.634. The second-order valence-electron chi connectivity index (χ2n) is 9.34. The van der Waals surface area contributed by atoms with Crippen molar-refractivity contribution in [2.45, 2.75) is 37.8 Å². The van der Waals surface area contributed by atoms with Crippen molar-refractivity contribution in [1.82, 2.24) is 14.8 Å². The number of aromatic nitrogens is 1. The van der Waals surface area contributed by atoms with Gasteiger partial charge in [0.1, 0.15) is 11.6 Å². The fourth-order valence-corrected chi connectivity index (χ4v) is 5.81. The van der Waals surface area contributed by atoms with E-state index in [1.54, 1.807) is 26.2 Å². The Morgan fingerprint density at radius 2 is 2.03 bits per heavy atom. The van der Waals surface area contributed by atoms with Gasteiger partial charge >= 0.3 is 0 Å². The van der Waals surface area contributed by atoms with Gasteiger partial charge in [0.2, 0.25) is 5.91 Å². The molecule has 2 N–H and O–H groups in total. The van der Waals surface area contributed by atoms with E-state index in [2.05, 4.69) is 16.0 Å². The molecule has 1 saturated heterocycles. The third kappa shape index (κ3) is 3.79. The zero-order valence-corrected chi connectivity index (χ0v) is 19.1. The van der Waals surface area contributed by atoms with Crippen LogP contribution in [-0.4, -0.2) is 59.1 Å². The Morgan fingerprint density at radius 3 is 2.70 bits per heavy atom. The van der Waals surface area contributed by atoms with Crippen LogP contribution in [0.2, 0.25) is 0 Å². The van der Waals surface area contributed by atoms with Crippen molar-refractivity contribution in [1.29, 1.82) is 0 Å². The first kappa shape index (κ1) is 21.9. The smallest absolute Gasteiger partial charge is 0.219 e. The molecule has 174 valence electrons. The third-order valence-corrected chi connectivity index (χ3v) is 7.46. The summed E-state index contributed by atoms with van der Waals surface area (Å²) >= 11 is 0. The van der Waals surface area contributed by atoms with Gasteiger partial charge in [0, 0.05) is 61.2 Å². The molecule has 0 unspecified atom stereocenters. The minimum absolute atomic E-state index is 0.0398. The Kier molecular flexibility index (Phi) is 5.62. The highest BCUT2D eigenvalue weighted by molar-refractivity contribution is 5.88. The number of fused-ring (bicyclic) bond motifs is 4. The van der Waals surface area contributed by atoms with E-state index in [4.69, 9.17) is 4.74 Å². The summed E-state index contributed by atoms with van der Waals surface area (Å²) < 4.78 is 19.3. The lowest BCUT2D eigenvalue weighted by atomic mass is 9.68. The lowest BCUT2D eigenvalue weighted by molar-refractivity contribution is -0.130. The fraction of sp³-hybridized carbons (Fsp3) is 0.423.